The van der Waals surface area contributed by atoms with Gasteiger partial charge in [0.15, 0.2) is 0 Å². The van der Waals surface area contributed by atoms with Crippen LogP contribution in [0.25, 0.3) is 0 Å². The Morgan fingerprint density at radius 1 is 1.05 bits per heavy atom. The predicted molar refractivity (Wildman–Crippen MR) is 79.9 cm³/mol. The second-order valence-electron chi connectivity index (χ2n) is 5.97. The fraction of sp³-hybridized carbons (Fsp3) is 0.625. The van der Waals surface area contributed by atoms with E-state index in [9.17, 15) is 0 Å². The first kappa shape index (κ1) is 16.0. The van der Waals surface area contributed by atoms with Gasteiger partial charge in [-0.05, 0) is 45.7 Å². The normalized spacial score (nSPS) is 11.7. The third-order valence-electron chi connectivity index (χ3n) is 2.76. The molecule has 0 aliphatic rings. The zero-order valence-electron chi connectivity index (χ0n) is 12.9. The smallest absolute Gasteiger partial charge is 0.125 e. The number of aryl methyl sites for hydroxylation is 3. The minimum absolute atomic E-state index is 0.259. The molecule has 1 aromatic carbocycles. The third-order valence-corrected chi connectivity index (χ3v) is 2.76. The van der Waals surface area contributed by atoms with Crippen molar-refractivity contribution < 1.29 is 9.47 Å². The number of rotatable bonds is 7. The molecule has 0 fully saturated rings. The standard InChI is InChI=1S/C16H27NO2/c1-12-9-13(2)15(14(3)10-12)19-8-6-7-18-11-16(4,5)17/h9-10H,6-8,11,17H2,1-5H3. The van der Waals surface area contributed by atoms with Crippen LogP contribution in [-0.4, -0.2) is 25.4 Å². The van der Waals surface area contributed by atoms with Gasteiger partial charge in [-0.1, -0.05) is 17.7 Å². The van der Waals surface area contributed by atoms with E-state index >= 15 is 0 Å². The Balaban J connectivity index is 2.30. The molecule has 0 heterocycles. The number of ether oxygens (including phenoxy) is 2. The lowest BCUT2D eigenvalue weighted by Gasteiger charge is -2.18. The third kappa shape index (κ3) is 6.08. The molecule has 0 unspecified atom stereocenters. The molecule has 0 saturated heterocycles. The SMILES string of the molecule is Cc1cc(C)c(OCCCOCC(C)(C)N)c(C)c1. The van der Waals surface area contributed by atoms with Gasteiger partial charge < -0.3 is 15.2 Å². The van der Waals surface area contributed by atoms with Gasteiger partial charge in [0.2, 0.25) is 0 Å². The van der Waals surface area contributed by atoms with Crippen molar-refractivity contribution in [3.8, 4) is 5.75 Å². The lowest BCUT2D eigenvalue weighted by Crippen LogP contribution is -2.37. The van der Waals surface area contributed by atoms with E-state index in [1.54, 1.807) is 0 Å². The highest BCUT2D eigenvalue weighted by Crippen LogP contribution is 2.24. The van der Waals surface area contributed by atoms with Gasteiger partial charge in [0, 0.05) is 18.6 Å². The fourth-order valence-electron chi connectivity index (χ4n) is 2.06. The molecule has 0 amide bonds. The van der Waals surface area contributed by atoms with Crippen LogP contribution in [0.5, 0.6) is 5.75 Å². The lowest BCUT2D eigenvalue weighted by molar-refractivity contribution is 0.0869. The summed E-state index contributed by atoms with van der Waals surface area (Å²) < 4.78 is 11.4. The first-order valence-electron chi connectivity index (χ1n) is 6.87. The molecular formula is C16H27NO2. The molecule has 0 radical (unpaired) electrons. The zero-order chi connectivity index (χ0) is 14.5. The van der Waals surface area contributed by atoms with Gasteiger partial charge in [0.25, 0.3) is 0 Å². The van der Waals surface area contributed by atoms with Crippen LogP contribution < -0.4 is 10.5 Å². The summed E-state index contributed by atoms with van der Waals surface area (Å²) in [6.45, 7) is 12.1. The van der Waals surface area contributed by atoms with Crippen LogP contribution in [-0.2, 0) is 4.74 Å². The predicted octanol–water partition coefficient (Wildman–Crippen LogP) is 3.13. The van der Waals surface area contributed by atoms with Crippen molar-refractivity contribution in [1.29, 1.82) is 0 Å². The summed E-state index contributed by atoms with van der Waals surface area (Å²) in [4.78, 5) is 0. The van der Waals surface area contributed by atoms with Gasteiger partial charge in [-0.25, -0.2) is 0 Å². The number of hydrogen-bond donors (Lipinski definition) is 1. The molecule has 3 nitrogen and oxygen atoms in total. The largest absolute Gasteiger partial charge is 0.493 e. The number of benzene rings is 1. The van der Waals surface area contributed by atoms with Crippen LogP contribution in [0.15, 0.2) is 12.1 Å². The zero-order valence-corrected chi connectivity index (χ0v) is 12.9. The van der Waals surface area contributed by atoms with Crippen LogP contribution >= 0.6 is 0 Å². The summed E-state index contributed by atoms with van der Waals surface area (Å²) in [5, 5.41) is 0. The first-order chi connectivity index (χ1) is 8.79. The van der Waals surface area contributed by atoms with E-state index in [2.05, 4.69) is 32.9 Å². The summed E-state index contributed by atoms with van der Waals surface area (Å²) in [6, 6.07) is 4.30. The van der Waals surface area contributed by atoms with E-state index in [4.69, 9.17) is 15.2 Å². The molecule has 1 aromatic rings. The molecule has 0 aliphatic heterocycles. The van der Waals surface area contributed by atoms with Crippen molar-refractivity contribution in [2.45, 2.75) is 46.6 Å². The molecule has 0 bridgehead atoms. The van der Waals surface area contributed by atoms with E-state index in [1.165, 1.54) is 16.7 Å². The highest BCUT2D eigenvalue weighted by molar-refractivity contribution is 5.42. The van der Waals surface area contributed by atoms with Crippen LogP contribution in [0.4, 0.5) is 0 Å². The van der Waals surface area contributed by atoms with Gasteiger partial charge in [-0.2, -0.15) is 0 Å². The maximum Gasteiger partial charge on any atom is 0.125 e. The first-order valence-corrected chi connectivity index (χ1v) is 6.87. The van der Waals surface area contributed by atoms with Crippen molar-refractivity contribution in [2.24, 2.45) is 5.73 Å². The van der Waals surface area contributed by atoms with Crippen molar-refractivity contribution in [2.75, 3.05) is 19.8 Å². The minimum atomic E-state index is -0.259. The average molecular weight is 265 g/mol. The Hall–Kier alpha value is -1.06. The molecule has 2 N–H and O–H groups in total. The Morgan fingerprint density at radius 2 is 1.63 bits per heavy atom. The molecule has 1 rings (SSSR count). The Kier molecular flexibility index (Phi) is 5.83. The van der Waals surface area contributed by atoms with E-state index in [0.29, 0.717) is 19.8 Å². The number of hydrogen-bond acceptors (Lipinski definition) is 3. The van der Waals surface area contributed by atoms with Gasteiger partial charge >= 0.3 is 0 Å². The van der Waals surface area contributed by atoms with Crippen molar-refractivity contribution in [3.63, 3.8) is 0 Å². The molecule has 0 aromatic heterocycles. The summed E-state index contributed by atoms with van der Waals surface area (Å²) >= 11 is 0. The van der Waals surface area contributed by atoms with Gasteiger partial charge in [0.05, 0.1) is 13.2 Å². The molecule has 0 spiro atoms. The summed E-state index contributed by atoms with van der Waals surface area (Å²) in [5.41, 5.74) is 9.25. The highest BCUT2D eigenvalue weighted by atomic mass is 16.5. The van der Waals surface area contributed by atoms with Crippen LogP contribution in [0.2, 0.25) is 0 Å². The van der Waals surface area contributed by atoms with E-state index in [-0.39, 0.29) is 5.54 Å². The monoisotopic (exact) mass is 265 g/mol. The Bertz CT molecular complexity index is 385. The summed E-state index contributed by atoms with van der Waals surface area (Å²) in [5.74, 6) is 1.00. The van der Waals surface area contributed by atoms with Crippen molar-refractivity contribution >= 4 is 0 Å². The molecule has 108 valence electrons. The lowest BCUT2D eigenvalue weighted by atomic mass is 10.1. The summed E-state index contributed by atoms with van der Waals surface area (Å²) in [7, 11) is 0. The maximum atomic E-state index is 5.84. The maximum absolute atomic E-state index is 5.84. The van der Waals surface area contributed by atoms with Gasteiger partial charge in [0.1, 0.15) is 5.75 Å². The fourth-order valence-corrected chi connectivity index (χ4v) is 2.06. The van der Waals surface area contributed by atoms with Gasteiger partial charge in [-0.15, -0.1) is 0 Å². The quantitative estimate of drug-likeness (QED) is 0.770. The Morgan fingerprint density at radius 3 is 2.16 bits per heavy atom. The van der Waals surface area contributed by atoms with Gasteiger partial charge in [-0.3, -0.25) is 0 Å². The van der Waals surface area contributed by atoms with E-state index in [1.807, 2.05) is 13.8 Å². The van der Waals surface area contributed by atoms with Crippen LogP contribution in [0.3, 0.4) is 0 Å². The van der Waals surface area contributed by atoms with Crippen LogP contribution in [0.1, 0.15) is 37.0 Å². The second kappa shape index (κ2) is 6.92. The molecule has 3 heteroatoms. The molecular weight excluding hydrogens is 238 g/mol. The van der Waals surface area contributed by atoms with Crippen LogP contribution in [0, 0.1) is 20.8 Å². The van der Waals surface area contributed by atoms with E-state index in [0.717, 1.165) is 12.2 Å². The second-order valence-corrected chi connectivity index (χ2v) is 5.97. The molecule has 0 saturated carbocycles. The summed E-state index contributed by atoms with van der Waals surface area (Å²) in [6.07, 6.45) is 0.878. The number of nitrogens with two attached hydrogens (primary N) is 1. The van der Waals surface area contributed by atoms with E-state index < -0.39 is 0 Å². The average Bonchev–Trinajstić information content (AvgIpc) is 2.24. The molecule has 19 heavy (non-hydrogen) atoms. The van der Waals surface area contributed by atoms with Crippen molar-refractivity contribution in [1.82, 2.24) is 0 Å². The Labute approximate surface area is 117 Å². The minimum Gasteiger partial charge on any atom is -0.493 e. The van der Waals surface area contributed by atoms with Crippen molar-refractivity contribution in [3.05, 3.63) is 28.8 Å². The highest BCUT2D eigenvalue weighted by Gasteiger charge is 2.10. The molecule has 0 aliphatic carbocycles. The topological polar surface area (TPSA) is 44.5 Å². The molecule has 0 atom stereocenters.